The molecule has 154 valence electrons. The molecule has 1 aromatic heterocycles. The van der Waals surface area contributed by atoms with Gasteiger partial charge in [-0.2, -0.15) is 4.31 Å². The molecule has 3 rings (SSSR count). The molecule has 8 nitrogen and oxygen atoms in total. The highest BCUT2D eigenvalue weighted by atomic mass is 35.5. The topological polar surface area (TPSA) is 104 Å². The van der Waals surface area contributed by atoms with Crippen molar-refractivity contribution in [3.05, 3.63) is 58.8 Å². The Morgan fingerprint density at radius 1 is 1.45 bits per heavy atom. The van der Waals surface area contributed by atoms with Gasteiger partial charge in [0, 0.05) is 18.8 Å². The van der Waals surface area contributed by atoms with Crippen molar-refractivity contribution in [3.8, 4) is 5.75 Å². The van der Waals surface area contributed by atoms with Gasteiger partial charge in [0.2, 0.25) is 5.69 Å². The number of ether oxygens (including phenoxy) is 1. The number of aliphatic hydroxyl groups excluding tert-OH is 1. The molecule has 2 heterocycles. The molecule has 0 bridgehead atoms. The SMILES string of the molecule is [C-]#[N+]c1ccc(O[C@H]2CN(S(=O)(=O)c3ccc(Cl)cn3)C[C@@]2(O)[C@@H](C)O)cc1F. The number of β-amino-alcohol motifs (C(OH)–C–C–N with tert-alkyl or cyclic N) is 1. The van der Waals surface area contributed by atoms with Gasteiger partial charge in [0.15, 0.2) is 5.03 Å². The van der Waals surface area contributed by atoms with E-state index in [2.05, 4.69) is 9.83 Å². The number of aliphatic hydroxyl groups is 2. The van der Waals surface area contributed by atoms with E-state index in [4.69, 9.17) is 22.9 Å². The van der Waals surface area contributed by atoms with Crippen molar-refractivity contribution in [2.45, 2.75) is 29.8 Å². The average Bonchev–Trinajstić information content (AvgIpc) is 3.01. The van der Waals surface area contributed by atoms with Gasteiger partial charge in [-0.25, -0.2) is 22.6 Å². The minimum atomic E-state index is -4.11. The second-order valence-corrected chi connectivity index (χ2v) is 8.93. The van der Waals surface area contributed by atoms with Crippen molar-refractivity contribution in [2.75, 3.05) is 13.1 Å². The molecule has 0 spiro atoms. The third-order valence-corrected chi connectivity index (χ3v) is 6.65. The Morgan fingerprint density at radius 2 is 2.17 bits per heavy atom. The number of hydrogen-bond donors (Lipinski definition) is 2. The summed E-state index contributed by atoms with van der Waals surface area (Å²) >= 11 is 5.74. The van der Waals surface area contributed by atoms with Crippen molar-refractivity contribution < 1.29 is 27.8 Å². The zero-order valence-electron chi connectivity index (χ0n) is 15.2. The van der Waals surface area contributed by atoms with Gasteiger partial charge in [-0.05, 0) is 31.2 Å². The van der Waals surface area contributed by atoms with Gasteiger partial charge < -0.3 is 14.9 Å². The molecule has 0 radical (unpaired) electrons. The minimum absolute atomic E-state index is 0.0113. The van der Waals surface area contributed by atoms with Crippen LogP contribution in [0.25, 0.3) is 4.85 Å². The molecule has 11 heteroatoms. The third-order valence-electron chi connectivity index (χ3n) is 4.70. The minimum Gasteiger partial charge on any atom is -0.486 e. The number of benzene rings is 1. The fraction of sp³-hybridized carbons (Fsp3) is 0.333. The predicted molar refractivity (Wildman–Crippen MR) is 102 cm³/mol. The number of pyridine rings is 1. The van der Waals surface area contributed by atoms with Crippen molar-refractivity contribution >= 4 is 27.3 Å². The fourth-order valence-corrected chi connectivity index (χ4v) is 4.49. The molecule has 2 N–H and O–H groups in total. The molecular formula is C18H17ClFN3O5S. The Bertz CT molecular complexity index is 1060. The van der Waals surface area contributed by atoms with Gasteiger partial charge in [0.1, 0.15) is 23.3 Å². The quantitative estimate of drug-likeness (QED) is 0.688. The lowest BCUT2D eigenvalue weighted by Gasteiger charge is -2.31. The Hall–Kier alpha value is -2.29. The van der Waals surface area contributed by atoms with Crippen LogP contribution in [0.3, 0.4) is 0 Å². The maximum absolute atomic E-state index is 13.9. The monoisotopic (exact) mass is 441 g/mol. The Kier molecular flexibility index (Phi) is 5.80. The summed E-state index contributed by atoms with van der Waals surface area (Å²) in [7, 11) is -4.11. The molecular weight excluding hydrogens is 425 g/mol. The van der Waals surface area contributed by atoms with E-state index in [9.17, 15) is 23.0 Å². The second-order valence-electron chi connectivity index (χ2n) is 6.61. The first kappa shape index (κ1) is 21.4. The molecule has 3 atom stereocenters. The highest BCUT2D eigenvalue weighted by Gasteiger charge is 2.54. The molecule has 2 aromatic rings. The summed E-state index contributed by atoms with van der Waals surface area (Å²) < 4.78 is 46.2. The van der Waals surface area contributed by atoms with E-state index in [0.717, 1.165) is 10.4 Å². The van der Waals surface area contributed by atoms with Gasteiger partial charge in [0.05, 0.1) is 24.2 Å². The number of hydrogen-bond acceptors (Lipinski definition) is 6. The van der Waals surface area contributed by atoms with Gasteiger partial charge in [-0.3, -0.25) is 0 Å². The molecule has 0 amide bonds. The third kappa shape index (κ3) is 4.05. The molecule has 0 unspecified atom stereocenters. The molecule has 1 fully saturated rings. The van der Waals surface area contributed by atoms with E-state index in [0.29, 0.717) is 0 Å². The first-order chi connectivity index (χ1) is 13.6. The summed E-state index contributed by atoms with van der Waals surface area (Å²) in [5.74, 6) is -0.825. The van der Waals surface area contributed by atoms with E-state index >= 15 is 0 Å². The van der Waals surface area contributed by atoms with Crippen LogP contribution < -0.4 is 4.74 Å². The number of aromatic nitrogens is 1. The zero-order chi connectivity index (χ0) is 21.4. The predicted octanol–water partition coefficient (Wildman–Crippen LogP) is 1.99. The largest absolute Gasteiger partial charge is 0.486 e. The van der Waals surface area contributed by atoms with Crippen LogP contribution in [-0.4, -0.2) is 58.8 Å². The first-order valence-corrected chi connectivity index (χ1v) is 10.3. The first-order valence-electron chi connectivity index (χ1n) is 8.43. The van der Waals surface area contributed by atoms with Crippen molar-refractivity contribution in [1.82, 2.24) is 9.29 Å². The van der Waals surface area contributed by atoms with Crippen LogP contribution >= 0.6 is 11.6 Å². The van der Waals surface area contributed by atoms with Crippen LogP contribution in [0.15, 0.2) is 41.6 Å². The lowest BCUT2D eigenvalue weighted by atomic mass is 9.94. The number of rotatable bonds is 5. The zero-order valence-corrected chi connectivity index (χ0v) is 16.7. The van der Waals surface area contributed by atoms with Crippen LogP contribution in [0.2, 0.25) is 5.02 Å². The number of sulfonamides is 1. The van der Waals surface area contributed by atoms with Crippen LogP contribution in [0.5, 0.6) is 5.75 Å². The smallest absolute Gasteiger partial charge is 0.260 e. The Balaban J connectivity index is 1.90. The highest BCUT2D eigenvalue weighted by molar-refractivity contribution is 7.89. The van der Waals surface area contributed by atoms with Crippen LogP contribution in [0.4, 0.5) is 10.1 Å². The summed E-state index contributed by atoms with van der Waals surface area (Å²) in [6.07, 6.45) is -1.36. The van der Waals surface area contributed by atoms with Gasteiger partial charge in [-0.1, -0.05) is 11.6 Å². The highest BCUT2D eigenvalue weighted by Crippen LogP contribution is 2.33. The van der Waals surface area contributed by atoms with Crippen molar-refractivity contribution in [3.63, 3.8) is 0 Å². The maximum atomic E-state index is 13.9. The number of halogens is 2. The van der Waals surface area contributed by atoms with Crippen LogP contribution in [-0.2, 0) is 10.0 Å². The lowest BCUT2D eigenvalue weighted by Crippen LogP contribution is -2.53. The van der Waals surface area contributed by atoms with E-state index in [-0.39, 0.29) is 28.0 Å². The van der Waals surface area contributed by atoms with Crippen molar-refractivity contribution in [1.29, 1.82) is 0 Å². The van der Waals surface area contributed by atoms with E-state index < -0.39 is 40.2 Å². The van der Waals surface area contributed by atoms with E-state index in [1.165, 1.54) is 37.4 Å². The summed E-state index contributed by atoms with van der Waals surface area (Å²) in [6.45, 7) is 7.41. The second kappa shape index (κ2) is 7.85. The van der Waals surface area contributed by atoms with Crippen molar-refractivity contribution in [2.24, 2.45) is 0 Å². The molecule has 1 aliphatic rings. The van der Waals surface area contributed by atoms with Gasteiger partial charge in [0.25, 0.3) is 10.0 Å². The van der Waals surface area contributed by atoms with Gasteiger partial charge in [-0.15, -0.1) is 0 Å². The molecule has 29 heavy (non-hydrogen) atoms. The Labute approximate surface area is 172 Å². The lowest BCUT2D eigenvalue weighted by molar-refractivity contribution is -0.104. The molecule has 1 aliphatic heterocycles. The van der Waals surface area contributed by atoms with E-state index in [1.54, 1.807) is 0 Å². The summed E-state index contributed by atoms with van der Waals surface area (Å²) in [5.41, 5.74) is -2.15. The molecule has 0 aliphatic carbocycles. The summed E-state index contributed by atoms with van der Waals surface area (Å²) in [4.78, 5) is 6.81. The molecule has 0 saturated carbocycles. The van der Waals surface area contributed by atoms with E-state index in [1.807, 2.05) is 0 Å². The molecule has 1 saturated heterocycles. The van der Waals surface area contributed by atoms with Crippen LogP contribution in [0.1, 0.15) is 6.92 Å². The van der Waals surface area contributed by atoms with Crippen LogP contribution in [0, 0.1) is 12.4 Å². The summed E-state index contributed by atoms with van der Waals surface area (Å²) in [5, 5.41) is 21.0. The van der Waals surface area contributed by atoms with Gasteiger partial charge >= 0.3 is 0 Å². The molecule has 1 aromatic carbocycles. The average molecular weight is 442 g/mol. The number of nitrogens with zero attached hydrogens (tertiary/aromatic N) is 3. The standard InChI is InChI=1S/C18H17ClFN3O5S/c1-11(24)18(25)10-23(29(26,27)17-6-3-12(19)8-22-17)9-16(18)28-13-4-5-15(21-2)14(20)7-13/h3-8,11,16,24-25H,9-10H2,1H3/t11-,16+,18-/m1/s1. The maximum Gasteiger partial charge on any atom is 0.260 e. The normalized spacial score (nSPS) is 23.5. The fourth-order valence-electron chi connectivity index (χ4n) is 2.98. The summed E-state index contributed by atoms with van der Waals surface area (Å²) in [6, 6.07) is 6.10. The Morgan fingerprint density at radius 3 is 2.72 bits per heavy atom.